The first-order chi connectivity index (χ1) is 11.6. The zero-order valence-corrected chi connectivity index (χ0v) is 15.5. The molecule has 3 heterocycles. The highest BCUT2D eigenvalue weighted by Crippen LogP contribution is 2.25. The van der Waals surface area contributed by atoms with Crippen molar-refractivity contribution in [1.82, 2.24) is 14.5 Å². The summed E-state index contributed by atoms with van der Waals surface area (Å²) in [5, 5.41) is 3.33. The van der Waals surface area contributed by atoms with Crippen LogP contribution in [-0.4, -0.2) is 70.0 Å². The van der Waals surface area contributed by atoms with Crippen LogP contribution in [0.15, 0.2) is 21.3 Å². The molecule has 0 unspecified atom stereocenters. The van der Waals surface area contributed by atoms with E-state index in [0.29, 0.717) is 37.1 Å². The van der Waals surface area contributed by atoms with Gasteiger partial charge in [-0.3, -0.25) is 4.99 Å². The molecule has 24 heavy (non-hydrogen) atoms. The predicted molar refractivity (Wildman–Crippen MR) is 94.9 cm³/mol. The van der Waals surface area contributed by atoms with E-state index >= 15 is 0 Å². The molecular weight excluding hydrogens is 348 g/mol. The van der Waals surface area contributed by atoms with Crippen LogP contribution in [0.4, 0.5) is 0 Å². The Morgan fingerprint density at radius 3 is 2.62 bits per heavy atom. The summed E-state index contributed by atoms with van der Waals surface area (Å²) in [7, 11) is -1.62. The zero-order chi connectivity index (χ0) is 17.0. The fraction of sp³-hybridized carbons (Fsp3) is 0.667. The summed E-state index contributed by atoms with van der Waals surface area (Å²) in [4.78, 5) is 7.53. The van der Waals surface area contributed by atoms with Crippen LogP contribution in [0, 0.1) is 0 Å². The Morgan fingerprint density at radius 1 is 1.25 bits per heavy atom. The molecule has 9 heteroatoms. The molecule has 0 radical (unpaired) electrons. The Kier molecular flexibility index (Phi) is 5.75. The van der Waals surface area contributed by atoms with Crippen LogP contribution in [0.3, 0.4) is 0 Å². The number of ether oxygens (including phenoxy) is 1. The number of thiophene rings is 1. The van der Waals surface area contributed by atoms with E-state index in [-0.39, 0.29) is 0 Å². The number of hydrogen-bond donors (Lipinski definition) is 1. The maximum absolute atomic E-state index is 12.6. The van der Waals surface area contributed by atoms with Gasteiger partial charge in [0.05, 0.1) is 19.8 Å². The maximum atomic E-state index is 12.6. The highest BCUT2D eigenvalue weighted by Gasteiger charge is 2.27. The molecule has 1 aromatic heterocycles. The van der Waals surface area contributed by atoms with Crippen LogP contribution >= 0.6 is 11.3 Å². The van der Waals surface area contributed by atoms with Gasteiger partial charge in [-0.15, -0.1) is 11.3 Å². The smallest absolute Gasteiger partial charge is 0.252 e. The zero-order valence-electron chi connectivity index (χ0n) is 13.9. The molecule has 7 nitrogen and oxygen atoms in total. The second-order valence-corrected chi connectivity index (χ2v) is 9.17. The van der Waals surface area contributed by atoms with Gasteiger partial charge < -0.3 is 15.0 Å². The molecule has 2 aliphatic rings. The number of hydrogen-bond acceptors (Lipinski definition) is 5. The first-order valence-electron chi connectivity index (χ1n) is 8.23. The molecule has 0 saturated carbocycles. The molecule has 1 aromatic rings. The van der Waals surface area contributed by atoms with Gasteiger partial charge in [0, 0.05) is 38.1 Å². The molecular formula is C15H24N4O3S2. The average molecular weight is 373 g/mol. The van der Waals surface area contributed by atoms with E-state index in [1.54, 1.807) is 13.1 Å². The topological polar surface area (TPSA) is 74.2 Å². The van der Waals surface area contributed by atoms with Crippen LogP contribution < -0.4 is 5.32 Å². The van der Waals surface area contributed by atoms with Gasteiger partial charge in [0.25, 0.3) is 10.0 Å². The normalized spacial score (nSPS) is 20.5. The molecule has 2 fully saturated rings. The number of likely N-dealkylation sites (tertiary alicyclic amines) is 1. The van der Waals surface area contributed by atoms with Gasteiger partial charge in [0.15, 0.2) is 5.96 Å². The minimum absolute atomic E-state index is 0.400. The lowest BCUT2D eigenvalue weighted by Gasteiger charge is -2.25. The van der Waals surface area contributed by atoms with Crippen molar-refractivity contribution in [1.29, 1.82) is 0 Å². The molecule has 0 aromatic carbocycles. The molecule has 0 spiro atoms. The first-order valence-corrected chi connectivity index (χ1v) is 10.5. The van der Waals surface area contributed by atoms with Crippen molar-refractivity contribution in [2.24, 2.45) is 4.99 Å². The van der Waals surface area contributed by atoms with Crippen molar-refractivity contribution in [3.63, 3.8) is 0 Å². The van der Waals surface area contributed by atoms with E-state index in [1.165, 1.54) is 28.5 Å². The highest BCUT2D eigenvalue weighted by atomic mass is 32.2. The third kappa shape index (κ3) is 3.90. The summed E-state index contributed by atoms with van der Waals surface area (Å²) in [6.45, 7) is 4.43. The second kappa shape index (κ2) is 7.81. The Labute approximate surface area is 147 Å². The lowest BCUT2D eigenvalue weighted by atomic mass is 10.4. The lowest BCUT2D eigenvalue weighted by molar-refractivity contribution is 0.0731. The largest absolute Gasteiger partial charge is 0.379 e. The Morgan fingerprint density at radius 2 is 1.96 bits per heavy atom. The maximum Gasteiger partial charge on any atom is 0.252 e. The SMILES string of the molecule is CN=C(NCc1ccc(S(=O)(=O)N2CCOCC2)s1)N1CCCC1. The number of nitrogens with zero attached hydrogens (tertiary/aromatic N) is 3. The van der Waals surface area contributed by atoms with E-state index < -0.39 is 10.0 Å². The minimum Gasteiger partial charge on any atom is -0.379 e. The molecule has 0 amide bonds. The van der Waals surface area contributed by atoms with E-state index in [4.69, 9.17) is 4.74 Å². The summed E-state index contributed by atoms with van der Waals surface area (Å²) in [5.74, 6) is 0.887. The summed E-state index contributed by atoms with van der Waals surface area (Å²) < 4.78 is 32.4. The summed E-state index contributed by atoms with van der Waals surface area (Å²) in [6.07, 6.45) is 2.39. The Hall–Kier alpha value is -1.16. The Bertz CT molecular complexity index is 675. The van der Waals surface area contributed by atoms with Crippen LogP contribution in [0.25, 0.3) is 0 Å². The molecule has 2 saturated heterocycles. The van der Waals surface area contributed by atoms with Crippen LogP contribution in [0.5, 0.6) is 0 Å². The van der Waals surface area contributed by atoms with Crippen LogP contribution in [0.2, 0.25) is 0 Å². The molecule has 0 atom stereocenters. The molecule has 1 N–H and O–H groups in total. The van der Waals surface area contributed by atoms with Crippen molar-refractivity contribution in [3.8, 4) is 0 Å². The second-order valence-electron chi connectivity index (χ2n) is 5.83. The van der Waals surface area contributed by atoms with Crippen molar-refractivity contribution >= 4 is 27.3 Å². The number of guanidine groups is 1. The van der Waals surface area contributed by atoms with Crippen LogP contribution in [-0.2, 0) is 21.3 Å². The average Bonchev–Trinajstić information content (AvgIpc) is 3.28. The third-order valence-electron chi connectivity index (χ3n) is 4.24. The monoisotopic (exact) mass is 372 g/mol. The summed E-state index contributed by atoms with van der Waals surface area (Å²) in [5.41, 5.74) is 0. The molecule has 0 aliphatic carbocycles. The van der Waals surface area contributed by atoms with Gasteiger partial charge in [0.2, 0.25) is 0 Å². The number of rotatable bonds is 4. The fourth-order valence-electron chi connectivity index (χ4n) is 2.93. The molecule has 134 valence electrons. The summed E-state index contributed by atoms with van der Waals surface area (Å²) >= 11 is 1.32. The fourth-order valence-corrected chi connectivity index (χ4v) is 5.79. The summed E-state index contributed by atoms with van der Waals surface area (Å²) in [6, 6.07) is 3.58. The minimum atomic E-state index is -3.40. The van der Waals surface area contributed by atoms with Crippen LogP contribution in [0.1, 0.15) is 17.7 Å². The van der Waals surface area contributed by atoms with Gasteiger partial charge in [0.1, 0.15) is 4.21 Å². The Balaban J connectivity index is 1.62. The van der Waals surface area contributed by atoms with E-state index in [2.05, 4.69) is 15.2 Å². The number of morpholine rings is 1. The lowest BCUT2D eigenvalue weighted by Crippen LogP contribution is -2.40. The quantitative estimate of drug-likeness (QED) is 0.629. The van der Waals surface area contributed by atoms with Gasteiger partial charge in [-0.2, -0.15) is 4.31 Å². The van der Waals surface area contributed by atoms with Gasteiger partial charge in [-0.25, -0.2) is 8.42 Å². The highest BCUT2D eigenvalue weighted by molar-refractivity contribution is 7.91. The predicted octanol–water partition coefficient (Wildman–Crippen LogP) is 0.940. The number of nitrogens with one attached hydrogen (secondary N) is 1. The number of sulfonamides is 1. The molecule has 3 rings (SSSR count). The van der Waals surface area contributed by atoms with Gasteiger partial charge in [-0.1, -0.05) is 0 Å². The standard InChI is InChI=1S/C15H24N4O3S2/c1-16-15(18-6-2-3-7-18)17-12-13-4-5-14(23-13)24(20,21)19-8-10-22-11-9-19/h4-5H,2-3,6-12H2,1H3,(H,16,17). The molecule has 0 bridgehead atoms. The van der Waals surface area contributed by atoms with Gasteiger partial charge in [-0.05, 0) is 25.0 Å². The van der Waals surface area contributed by atoms with Crippen molar-refractivity contribution in [2.45, 2.75) is 23.6 Å². The molecule has 2 aliphatic heterocycles. The van der Waals surface area contributed by atoms with Crippen molar-refractivity contribution < 1.29 is 13.2 Å². The number of aliphatic imine (C=N–C) groups is 1. The third-order valence-corrected chi connectivity index (χ3v) is 7.69. The van der Waals surface area contributed by atoms with E-state index in [0.717, 1.165) is 23.9 Å². The van der Waals surface area contributed by atoms with Gasteiger partial charge >= 0.3 is 0 Å². The van der Waals surface area contributed by atoms with E-state index in [9.17, 15) is 8.42 Å². The van der Waals surface area contributed by atoms with Crippen molar-refractivity contribution in [3.05, 3.63) is 17.0 Å². The first kappa shape index (κ1) is 17.7. The van der Waals surface area contributed by atoms with E-state index in [1.807, 2.05) is 6.07 Å². The van der Waals surface area contributed by atoms with Crippen molar-refractivity contribution in [2.75, 3.05) is 46.4 Å².